The van der Waals surface area contributed by atoms with Crippen molar-refractivity contribution in [2.24, 2.45) is 5.92 Å². The van der Waals surface area contributed by atoms with Crippen molar-refractivity contribution in [1.82, 2.24) is 10.6 Å². The van der Waals surface area contributed by atoms with Crippen molar-refractivity contribution in [2.75, 3.05) is 7.05 Å². The van der Waals surface area contributed by atoms with E-state index in [4.69, 9.17) is 0 Å². The van der Waals surface area contributed by atoms with Crippen molar-refractivity contribution in [3.63, 3.8) is 0 Å². The number of hydrogen-bond acceptors (Lipinski definition) is 2. The molecule has 14 heavy (non-hydrogen) atoms. The van der Waals surface area contributed by atoms with Gasteiger partial charge in [-0.25, -0.2) is 0 Å². The van der Waals surface area contributed by atoms with Gasteiger partial charge in [-0.3, -0.25) is 9.59 Å². The molecule has 0 bridgehead atoms. The lowest BCUT2D eigenvalue weighted by atomic mass is 9.87. The Bertz CT molecular complexity index is 220. The van der Waals surface area contributed by atoms with E-state index in [0.29, 0.717) is 0 Å². The quantitative estimate of drug-likeness (QED) is 0.600. The molecule has 0 radical (unpaired) electrons. The van der Waals surface area contributed by atoms with Gasteiger partial charge in [-0.05, 0) is 31.6 Å². The van der Waals surface area contributed by atoms with Crippen LogP contribution in [0, 0.1) is 5.92 Å². The zero-order valence-corrected chi connectivity index (χ0v) is 8.80. The maximum absolute atomic E-state index is 11.2. The molecule has 0 spiro atoms. The highest BCUT2D eigenvalue weighted by atomic mass is 16.2. The fourth-order valence-electron chi connectivity index (χ4n) is 1.77. The lowest BCUT2D eigenvalue weighted by Crippen LogP contribution is -2.44. The average molecular weight is 198 g/mol. The summed E-state index contributed by atoms with van der Waals surface area (Å²) in [7, 11) is 1.46. The molecule has 1 aliphatic rings. The van der Waals surface area contributed by atoms with Crippen LogP contribution < -0.4 is 10.6 Å². The smallest absolute Gasteiger partial charge is 0.309 e. The largest absolute Gasteiger partial charge is 0.351 e. The third kappa shape index (κ3) is 3.01. The molecule has 1 aliphatic carbocycles. The van der Waals surface area contributed by atoms with Gasteiger partial charge in [-0.15, -0.1) is 0 Å². The van der Waals surface area contributed by atoms with Crippen LogP contribution in [0.3, 0.4) is 0 Å². The molecule has 0 aromatic carbocycles. The summed E-state index contributed by atoms with van der Waals surface area (Å²) >= 11 is 0. The Balaban J connectivity index is 2.31. The summed E-state index contributed by atoms with van der Waals surface area (Å²) in [6.07, 6.45) is 4.26. The first-order valence-corrected chi connectivity index (χ1v) is 5.16. The lowest BCUT2D eigenvalue weighted by molar-refractivity contribution is -0.139. The van der Waals surface area contributed by atoms with Crippen LogP contribution >= 0.6 is 0 Å². The molecule has 0 aromatic heterocycles. The highest BCUT2D eigenvalue weighted by molar-refractivity contribution is 6.35. The van der Waals surface area contributed by atoms with Crippen molar-refractivity contribution in [1.29, 1.82) is 0 Å². The van der Waals surface area contributed by atoms with Crippen LogP contribution in [0.1, 0.15) is 32.6 Å². The van der Waals surface area contributed by atoms with E-state index in [-0.39, 0.29) is 6.04 Å². The Kier molecular flexibility index (Phi) is 3.92. The van der Waals surface area contributed by atoms with Gasteiger partial charge in [0.05, 0.1) is 0 Å². The van der Waals surface area contributed by atoms with Gasteiger partial charge >= 0.3 is 11.8 Å². The molecule has 0 unspecified atom stereocenters. The Labute approximate surface area is 84.4 Å². The number of rotatable bonds is 1. The lowest BCUT2D eigenvalue weighted by Gasteiger charge is -2.26. The van der Waals surface area contributed by atoms with E-state index in [9.17, 15) is 9.59 Å². The monoisotopic (exact) mass is 198 g/mol. The molecule has 0 atom stereocenters. The van der Waals surface area contributed by atoms with Crippen LogP contribution in [-0.4, -0.2) is 24.9 Å². The summed E-state index contributed by atoms with van der Waals surface area (Å²) in [6.45, 7) is 2.22. The molecule has 2 amide bonds. The van der Waals surface area contributed by atoms with E-state index < -0.39 is 11.8 Å². The van der Waals surface area contributed by atoms with Crippen molar-refractivity contribution in [3.8, 4) is 0 Å². The van der Waals surface area contributed by atoms with Crippen LogP contribution in [0.2, 0.25) is 0 Å². The maximum atomic E-state index is 11.2. The van der Waals surface area contributed by atoms with Crippen LogP contribution in [0.5, 0.6) is 0 Å². The standard InChI is InChI=1S/C10H18N2O2/c1-7-3-5-8(6-4-7)12-10(14)9(13)11-2/h7-8H,3-6H2,1-2H3,(H,11,13)(H,12,14). The molecule has 0 aliphatic heterocycles. The van der Waals surface area contributed by atoms with Gasteiger partial charge in [0.15, 0.2) is 0 Å². The molecule has 4 nitrogen and oxygen atoms in total. The topological polar surface area (TPSA) is 58.2 Å². The molecule has 4 heteroatoms. The Hall–Kier alpha value is -1.06. The fraction of sp³-hybridized carbons (Fsp3) is 0.800. The zero-order chi connectivity index (χ0) is 10.6. The summed E-state index contributed by atoms with van der Waals surface area (Å²) in [4.78, 5) is 22.1. The van der Waals surface area contributed by atoms with Crippen LogP contribution in [0.15, 0.2) is 0 Å². The van der Waals surface area contributed by atoms with Gasteiger partial charge < -0.3 is 10.6 Å². The minimum Gasteiger partial charge on any atom is -0.351 e. The highest BCUT2D eigenvalue weighted by Crippen LogP contribution is 2.23. The predicted molar refractivity (Wildman–Crippen MR) is 53.6 cm³/mol. The van der Waals surface area contributed by atoms with E-state index in [0.717, 1.165) is 31.6 Å². The molecule has 1 saturated carbocycles. The molecule has 0 heterocycles. The number of nitrogens with one attached hydrogen (secondary N) is 2. The minimum atomic E-state index is -0.552. The van der Waals surface area contributed by atoms with Crippen molar-refractivity contribution in [3.05, 3.63) is 0 Å². The molecule has 1 rings (SSSR count). The molecule has 0 saturated heterocycles. The molecular formula is C10H18N2O2. The summed E-state index contributed by atoms with van der Waals surface area (Å²) in [5.41, 5.74) is 0. The summed E-state index contributed by atoms with van der Waals surface area (Å²) < 4.78 is 0. The van der Waals surface area contributed by atoms with Gasteiger partial charge in [0.2, 0.25) is 0 Å². The van der Waals surface area contributed by atoms with E-state index in [1.807, 2.05) is 0 Å². The number of carbonyl (C=O) groups excluding carboxylic acids is 2. The Morgan fingerprint density at radius 1 is 1.07 bits per heavy atom. The molecule has 0 aromatic rings. The van der Waals surface area contributed by atoms with E-state index in [1.165, 1.54) is 7.05 Å². The van der Waals surface area contributed by atoms with E-state index in [1.54, 1.807) is 0 Å². The van der Waals surface area contributed by atoms with Gasteiger partial charge in [0.25, 0.3) is 0 Å². The van der Waals surface area contributed by atoms with Crippen molar-refractivity contribution >= 4 is 11.8 Å². The fourth-order valence-corrected chi connectivity index (χ4v) is 1.77. The first kappa shape index (κ1) is 11.0. The number of likely N-dealkylation sites (N-methyl/N-ethyl adjacent to an activating group) is 1. The zero-order valence-electron chi connectivity index (χ0n) is 8.80. The van der Waals surface area contributed by atoms with Gasteiger partial charge in [-0.1, -0.05) is 6.92 Å². The molecule has 2 N–H and O–H groups in total. The van der Waals surface area contributed by atoms with E-state index in [2.05, 4.69) is 17.6 Å². The minimum absolute atomic E-state index is 0.191. The highest BCUT2D eigenvalue weighted by Gasteiger charge is 2.21. The van der Waals surface area contributed by atoms with E-state index >= 15 is 0 Å². The second-order valence-electron chi connectivity index (χ2n) is 4.01. The normalized spacial score (nSPS) is 26.7. The third-order valence-corrected chi connectivity index (χ3v) is 2.78. The summed E-state index contributed by atoms with van der Waals surface area (Å²) in [6, 6.07) is 0.191. The summed E-state index contributed by atoms with van der Waals surface area (Å²) in [5, 5.41) is 5.05. The van der Waals surface area contributed by atoms with Crippen LogP contribution in [0.25, 0.3) is 0 Å². The van der Waals surface area contributed by atoms with Crippen molar-refractivity contribution in [2.45, 2.75) is 38.6 Å². The second-order valence-corrected chi connectivity index (χ2v) is 4.01. The average Bonchev–Trinajstić information content (AvgIpc) is 2.20. The van der Waals surface area contributed by atoms with Crippen molar-refractivity contribution < 1.29 is 9.59 Å². The van der Waals surface area contributed by atoms with Crippen LogP contribution in [-0.2, 0) is 9.59 Å². The summed E-state index contributed by atoms with van der Waals surface area (Å²) in [5.74, 6) is -0.307. The number of hydrogen-bond donors (Lipinski definition) is 2. The van der Waals surface area contributed by atoms with Gasteiger partial charge in [0.1, 0.15) is 0 Å². The Morgan fingerprint density at radius 3 is 2.14 bits per heavy atom. The first-order valence-electron chi connectivity index (χ1n) is 5.16. The van der Waals surface area contributed by atoms with Crippen LogP contribution in [0.4, 0.5) is 0 Å². The number of amides is 2. The third-order valence-electron chi connectivity index (χ3n) is 2.78. The number of carbonyl (C=O) groups is 2. The Morgan fingerprint density at radius 2 is 1.64 bits per heavy atom. The SMILES string of the molecule is CNC(=O)C(=O)NC1CCC(C)CC1. The first-order chi connectivity index (χ1) is 6.63. The maximum Gasteiger partial charge on any atom is 0.309 e. The second kappa shape index (κ2) is 4.98. The molecule has 1 fully saturated rings. The molecular weight excluding hydrogens is 180 g/mol. The van der Waals surface area contributed by atoms with Gasteiger partial charge in [-0.2, -0.15) is 0 Å². The molecule has 80 valence electrons. The van der Waals surface area contributed by atoms with Gasteiger partial charge in [0, 0.05) is 13.1 Å². The predicted octanol–water partition coefficient (Wildman–Crippen LogP) is 0.427.